The molecule has 0 atom stereocenters. The van der Waals surface area contributed by atoms with Crippen molar-refractivity contribution in [1.29, 1.82) is 5.26 Å². The lowest BCUT2D eigenvalue weighted by Crippen LogP contribution is -2.16. The second-order valence-corrected chi connectivity index (χ2v) is 6.02. The number of anilines is 3. The maximum atomic E-state index is 12.8. The highest BCUT2D eigenvalue weighted by Gasteiger charge is 2.15. The lowest BCUT2D eigenvalue weighted by molar-refractivity contribution is 0.102. The Hall–Kier alpha value is -4.12. The average molecular weight is 389 g/mol. The Kier molecular flexibility index (Phi) is 5.90. The van der Waals surface area contributed by atoms with Crippen LogP contribution in [0.3, 0.4) is 0 Å². The van der Waals surface area contributed by atoms with E-state index in [2.05, 4.69) is 26.7 Å². The van der Waals surface area contributed by atoms with Crippen molar-refractivity contribution in [2.24, 2.45) is 0 Å². The van der Waals surface area contributed by atoms with Gasteiger partial charge in [0, 0.05) is 11.8 Å². The van der Waals surface area contributed by atoms with Gasteiger partial charge in [-0.3, -0.25) is 4.79 Å². The lowest BCUT2D eigenvalue weighted by atomic mass is 10.2. The van der Waals surface area contributed by atoms with E-state index in [1.165, 1.54) is 14.2 Å². The van der Waals surface area contributed by atoms with Gasteiger partial charge in [0.15, 0.2) is 0 Å². The summed E-state index contributed by atoms with van der Waals surface area (Å²) in [5.41, 5.74) is 2.22. The van der Waals surface area contributed by atoms with Crippen molar-refractivity contribution in [3.8, 4) is 17.6 Å². The van der Waals surface area contributed by atoms with Crippen LogP contribution in [0.5, 0.6) is 11.5 Å². The van der Waals surface area contributed by atoms with E-state index < -0.39 is 5.91 Å². The van der Waals surface area contributed by atoms with Gasteiger partial charge in [-0.2, -0.15) is 5.26 Å². The van der Waals surface area contributed by atoms with Crippen molar-refractivity contribution in [2.45, 2.75) is 6.92 Å². The number of hydrogen-bond donors (Lipinski definition) is 2. The summed E-state index contributed by atoms with van der Waals surface area (Å²) < 4.78 is 10.5. The number of methoxy groups -OCH3 is 2. The molecule has 2 aromatic carbocycles. The minimum Gasteiger partial charge on any atom is -0.497 e. The fourth-order valence-electron chi connectivity index (χ4n) is 2.65. The monoisotopic (exact) mass is 389 g/mol. The van der Waals surface area contributed by atoms with E-state index in [4.69, 9.17) is 9.47 Å². The van der Waals surface area contributed by atoms with Gasteiger partial charge in [-0.25, -0.2) is 9.97 Å². The van der Waals surface area contributed by atoms with E-state index in [0.717, 1.165) is 0 Å². The second-order valence-electron chi connectivity index (χ2n) is 6.02. The number of amides is 1. The summed E-state index contributed by atoms with van der Waals surface area (Å²) in [6, 6.07) is 15.7. The largest absolute Gasteiger partial charge is 0.497 e. The number of aromatic nitrogens is 2. The Balaban J connectivity index is 1.88. The zero-order valence-electron chi connectivity index (χ0n) is 16.2. The predicted molar refractivity (Wildman–Crippen MR) is 109 cm³/mol. The molecule has 0 unspecified atom stereocenters. The topological polar surface area (TPSA) is 109 Å². The molecule has 2 N–H and O–H groups in total. The third-order valence-electron chi connectivity index (χ3n) is 4.04. The van der Waals surface area contributed by atoms with Gasteiger partial charge in [0.05, 0.1) is 31.2 Å². The van der Waals surface area contributed by atoms with Crippen LogP contribution in [0.25, 0.3) is 0 Å². The molecule has 8 nitrogen and oxygen atoms in total. The minimum atomic E-state index is -0.432. The quantitative estimate of drug-likeness (QED) is 0.662. The molecule has 0 saturated carbocycles. The average Bonchev–Trinajstić information content (AvgIpc) is 2.73. The number of carbonyl (C=O) groups excluding carboxylic acids is 1. The molecule has 0 spiro atoms. The summed E-state index contributed by atoms with van der Waals surface area (Å²) in [6.07, 6.45) is 0. The molecule has 29 heavy (non-hydrogen) atoms. The molecule has 0 aliphatic carbocycles. The number of nitrogens with zero attached hydrogens (tertiary/aromatic N) is 3. The number of nitrogens with one attached hydrogen (secondary N) is 2. The molecule has 3 aromatic rings. The Morgan fingerprint density at radius 2 is 1.83 bits per heavy atom. The smallest absolute Gasteiger partial charge is 0.274 e. The van der Waals surface area contributed by atoms with Gasteiger partial charge >= 0.3 is 0 Å². The molecule has 0 radical (unpaired) electrons. The SMILES string of the molecule is COc1ccc(OC)c(NC(=O)c2cc(C)nc(Nc3ccccc3C#N)n2)c1. The number of para-hydroxylation sites is 1. The van der Waals surface area contributed by atoms with Gasteiger partial charge < -0.3 is 20.1 Å². The molecule has 0 saturated heterocycles. The molecule has 3 rings (SSSR count). The number of nitriles is 1. The normalized spacial score (nSPS) is 10.0. The maximum Gasteiger partial charge on any atom is 0.274 e. The van der Waals surface area contributed by atoms with E-state index in [0.29, 0.717) is 34.1 Å². The molecule has 0 fully saturated rings. The Bertz CT molecular complexity index is 1090. The van der Waals surface area contributed by atoms with Crippen molar-refractivity contribution >= 4 is 23.2 Å². The predicted octanol–water partition coefficient (Wildman–Crippen LogP) is 3.67. The van der Waals surface area contributed by atoms with Crippen LogP contribution in [-0.4, -0.2) is 30.1 Å². The molecular formula is C21H19N5O3. The van der Waals surface area contributed by atoms with Gasteiger partial charge in [0.1, 0.15) is 23.3 Å². The number of carbonyl (C=O) groups is 1. The highest BCUT2D eigenvalue weighted by molar-refractivity contribution is 6.04. The summed E-state index contributed by atoms with van der Waals surface area (Å²) in [4.78, 5) is 21.4. The molecule has 1 heterocycles. The van der Waals surface area contributed by atoms with Gasteiger partial charge in [0.25, 0.3) is 5.91 Å². The number of benzene rings is 2. The summed E-state index contributed by atoms with van der Waals surface area (Å²) in [5.74, 6) is 0.857. The number of hydrogen-bond acceptors (Lipinski definition) is 7. The summed E-state index contributed by atoms with van der Waals surface area (Å²) >= 11 is 0. The van der Waals surface area contributed by atoms with Gasteiger partial charge in [-0.05, 0) is 37.3 Å². The first-order valence-corrected chi connectivity index (χ1v) is 8.69. The van der Waals surface area contributed by atoms with E-state index in [1.807, 2.05) is 0 Å². The second kappa shape index (κ2) is 8.71. The van der Waals surface area contributed by atoms with Crippen molar-refractivity contribution in [3.63, 3.8) is 0 Å². The number of aryl methyl sites for hydroxylation is 1. The summed E-state index contributed by atoms with van der Waals surface area (Å²) in [7, 11) is 3.05. The number of ether oxygens (including phenoxy) is 2. The van der Waals surface area contributed by atoms with Crippen molar-refractivity contribution < 1.29 is 14.3 Å². The van der Waals surface area contributed by atoms with Crippen LogP contribution in [0.2, 0.25) is 0 Å². The van der Waals surface area contributed by atoms with Gasteiger partial charge in [-0.15, -0.1) is 0 Å². The number of rotatable bonds is 6. The van der Waals surface area contributed by atoms with E-state index in [9.17, 15) is 10.1 Å². The van der Waals surface area contributed by atoms with Crippen molar-refractivity contribution in [3.05, 3.63) is 65.5 Å². The summed E-state index contributed by atoms with van der Waals surface area (Å²) in [5, 5.41) is 15.0. The molecular weight excluding hydrogens is 370 g/mol. The standard InChI is InChI=1S/C21H19N5O3/c1-13-10-18(20(27)24-17-11-15(28-2)8-9-19(17)29-3)26-21(23-13)25-16-7-5-4-6-14(16)12-22/h4-11H,1-3H3,(H,24,27)(H,23,25,26). The Morgan fingerprint density at radius 3 is 2.55 bits per heavy atom. The molecule has 0 bridgehead atoms. The molecule has 0 aliphatic rings. The molecule has 0 aliphatic heterocycles. The van der Waals surface area contributed by atoms with Crippen molar-refractivity contribution in [2.75, 3.05) is 24.9 Å². The molecule has 146 valence electrons. The third kappa shape index (κ3) is 4.59. The molecule has 1 aromatic heterocycles. The Morgan fingerprint density at radius 1 is 1.03 bits per heavy atom. The maximum absolute atomic E-state index is 12.8. The van der Waals surface area contributed by atoms with Crippen LogP contribution in [0.4, 0.5) is 17.3 Å². The van der Waals surface area contributed by atoms with E-state index in [1.54, 1.807) is 55.5 Å². The van der Waals surface area contributed by atoms with Crippen LogP contribution in [0.15, 0.2) is 48.5 Å². The Labute approximate surface area is 168 Å². The van der Waals surface area contributed by atoms with Gasteiger partial charge in [0.2, 0.25) is 5.95 Å². The molecule has 8 heteroatoms. The first-order valence-electron chi connectivity index (χ1n) is 8.69. The van der Waals surface area contributed by atoms with Crippen LogP contribution in [0.1, 0.15) is 21.7 Å². The van der Waals surface area contributed by atoms with Crippen LogP contribution < -0.4 is 20.1 Å². The molecule has 1 amide bonds. The minimum absolute atomic E-state index is 0.166. The van der Waals surface area contributed by atoms with Crippen LogP contribution >= 0.6 is 0 Å². The van der Waals surface area contributed by atoms with E-state index in [-0.39, 0.29) is 11.6 Å². The lowest BCUT2D eigenvalue weighted by Gasteiger charge is -2.12. The fraction of sp³-hybridized carbons (Fsp3) is 0.143. The zero-order valence-corrected chi connectivity index (χ0v) is 16.2. The first-order chi connectivity index (χ1) is 14.0. The van der Waals surface area contributed by atoms with Gasteiger partial charge in [-0.1, -0.05) is 12.1 Å². The highest BCUT2D eigenvalue weighted by Crippen LogP contribution is 2.29. The van der Waals surface area contributed by atoms with Crippen LogP contribution in [-0.2, 0) is 0 Å². The first kappa shape index (κ1) is 19.6. The third-order valence-corrected chi connectivity index (χ3v) is 4.04. The fourth-order valence-corrected chi connectivity index (χ4v) is 2.65. The highest BCUT2D eigenvalue weighted by atomic mass is 16.5. The zero-order chi connectivity index (χ0) is 20.8. The van der Waals surface area contributed by atoms with Crippen LogP contribution in [0, 0.1) is 18.3 Å². The van der Waals surface area contributed by atoms with Crippen molar-refractivity contribution in [1.82, 2.24) is 9.97 Å². The summed E-state index contributed by atoms with van der Waals surface area (Å²) in [6.45, 7) is 1.76. The van der Waals surface area contributed by atoms with E-state index >= 15 is 0 Å².